The molecule has 0 N–H and O–H groups in total. The van der Waals surface area contributed by atoms with Crippen LogP contribution in [0.2, 0.25) is 0 Å². The Bertz CT molecular complexity index is 207. The number of rotatable bonds is 0. The summed E-state index contributed by atoms with van der Waals surface area (Å²) in [5.41, 5.74) is 0. The summed E-state index contributed by atoms with van der Waals surface area (Å²) in [6.45, 7) is 0. The molecule has 0 radical (unpaired) electrons. The highest BCUT2D eigenvalue weighted by molar-refractivity contribution is 6.76. The number of carbonyl (C=O) groups is 1. The topological polar surface area (TPSA) is 29.4 Å². The van der Waals surface area contributed by atoms with Gasteiger partial charge in [-0.25, -0.2) is 0 Å². The Morgan fingerprint density at radius 2 is 2.22 bits per heavy atom. The Morgan fingerprint density at radius 1 is 1.56 bits per heavy atom. The van der Waals surface area contributed by atoms with E-state index in [4.69, 9.17) is 23.2 Å². The van der Waals surface area contributed by atoms with Crippen molar-refractivity contribution in [2.24, 2.45) is 4.99 Å². The molecule has 0 aromatic rings. The van der Waals surface area contributed by atoms with E-state index in [2.05, 4.69) is 4.99 Å². The molecule has 0 unspecified atom stereocenters. The van der Waals surface area contributed by atoms with Gasteiger partial charge in [0, 0.05) is 6.42 Å². The first-order valence-corrected chi connectivity index (χ1v) is 3.09. The van der Waals surface area contributed by atoms with Crippen LogP contribution in [0.25, 0.3) is 0 Å². The first-order valence-electron chi connectivity index (χ1n) is 2.33. The highest BCUT2D eigenvalue weighted by Gasteiger charge is 2.09. The largest absolute Gasteiger partial charge is 0.272 e. The number of nitrogens with zero attached hydrogens (tertiary/aromatic N) is 1. The van der Waals surface area contributed by atoms with Gasteiger partial charge < -0.3 is 0 Å². The standard InChI is InChI=1S/C5H3Cl2NO/c6-3-1-2-4(9)8-5(3)7/h1H,2H2. The normalized spacial score (nSPS) is 19.1. The Morgan fingerprint density at radius 3 is 2.67 bits per heavy atom. The summed E-state index contributed by atoms with van der Waals surface area (Å²) >= 11 is 10.9. The summed E-state index contributed by atoms with van der Waals surface area (Å²) in [5.74, 6) is -0.246. The molecule has 1 aliphatic heterocycles. The van der Waals surface area contributed by atoms with Crippen LogP contribution >= 0.6 is 23.2 Å². The molecule has 0 aromatic carbocycles. The molecule has 0 aliphatic carbocycles. The fourth-order valence-corrected chi connectivity index (χ4v) is 0.760. The maximum absolute atomic E-state index is 10.4. The SMILES string of the molecule is O=C1CC=C(Cl)C(Cl)=N1. The average Bonchev–Trinajstić information content (AvgIpc) is 1.80. The quantitative estimate of drug-likeness (QED) is 0.535. The number of halogens is 2. The number of hydrogen-bond acceptors (Lipinski definition) is 1. The molecule has 0 atom stereocenters. The molecule has 0 aromatic heterocycles. The zero-order chi connectivity index (χ0) is 6.85. The number of aliphatic imine (C=N–C) groups is 1. The summed E-state index contributed by atoms with van der Waals surface area (Å²) in [6.07, 6.45) is 1.80. The molecule has 1 amide bonds. The van der Waals surface area contributed by atoms with Crippen LogP contribution in [0.3, 0.4) is 0 Å². The molecule has 0 fully saturated rings. The van der Waals surface area contributed by atoms with E-state index in [1.54, 1.807) is 6.08 Å². The van der Waals surface area contributed by atoms with E-state index >= 15 is 0 Å². The van der Waals surface area contributed by atoms with E-state index in [1.807, 2.05) is 0 Å². The molecule has 48 valence electrons. The van der Waals surface area contributed by atoms with Gasteiger partial charge in [-0.1, -0.05) is 29.3 Å². The third-order valence-corrected chi connectivity index (χ3v) is 1.59. The van der Waals surface area contributed by atoms with Gasteiger partial charge in [-0.05, 0) is 0 Å². The molecule has 1 heterocycles. The molecule has 1 rings (SSSR count). The van der Waals surface area contributed by atoms with E-state index in [-0.39, 0.29) is 17.5 Å². The van der Waals surface area contributed by atoms with Crippen LogP contribution < -0.4 is 0 Å². The number of carbonyl (C=O) groups excluding carboxylic acids is 1. The minimum Gasteiger partial charge on any atom is -0.272 e. The van der Waals surface area contributed by atoms with Gasteiger partial charge in [0.1, 0.15) is 0 Å². The van der Waals surface area contributed by atoms with Crippen LogP contribution in [0.5, 0.6) is 0 Å². The lowest BCUT2D eigenvalue weighted by Gasteiger charge is -1.99. The van der Waals surface area contributed by atoms with Gasteiger partial charge in [-0.15, -0.1) is 0 Å². The number of amides is 1. The van der Waals surface area contributed by atoms with Crippen molar-refractivity contribution in [3.8, 4) is 0 Å². The van der Waals surface area contributed by atoms with Gasteiger partial charge in [-0.3, -0.25) is 4.79 Å². The Balaban J connectivity index is 2.87. The highest BCUT2D eigenvalue weighted by atomic mass is 35.5. The van der Waals surface area contributed by atoms with Gasteiger partial charge in [0.2, 0.25) is 0 Å². The molecule has 2 nitrogen and oxygen atoms in total. The van der Waals surface area contributed by atoms with Gasteiger partial charge in [0.25, 0.3) is 5.91 Å². The molecule has 0 saturated carbocycles. The molecule has 0 bridgehead atoms. The molecule has 0 saturated heterocycles. The van der Waals surface area contributed by atoms with Gasteiger partial charge in [0.15, 0.2) is 5.17 Å². The van der Waals surface area contributed by atoms with E-state index in [9.17, 15) is 4.79 Å². The summed E-state index contributed by atoms with van der Waals surface area (Å²) in [7, 11) is 0. The molecule has 1 aliphatic rings. The summed E-state index contributed by atoms with van der Waals surface area (Å²) in [6, 6.07) is 0. The monoisotopic (exact) mass is 163 g/mol. The maximum atomic E-state index is 10.4. The van der Waals surface area contributed by atoms with Crippen molar-refractivity contribution in [1.29, 1.82) is 0 Å². The smallest absolute Gasteiger partial charge is 0.251 e. The summed E-state index contributed by atoms with van der Waals surface area (Å²) < 4.78 is 0. The Hall–Kier alpha value is -0.340. The minimum atomic E-state index is -0.246. The predicted octanol–water partition coefficient (Wildman–Crippen LogP) is 1.68. The molecular formula is C5H3Cl2NO. The van der Waals surface area contributed by atoms with Crippen LogP contribution in [0, 0.1) is 0 Å². The molecule has 0 spiro atoms. The fourth-order valence-electron chi connectivity index (χ4n) is 0.470. The van der Waals surface area contributed by atoms with Crippen LogP contribution in [-0.2, 0) is 4.79 Å². The lowest BCUT2D eigenvalue weighted by molar-refractivity contribution is -0.117. The van der Waals surface area contributed by atoms with E-state index in [0.29, 0.717) is 5.03 Å². The van der Waals surface area contributed by atoms with Crippen LogP contribution in [0.4, 0.5) is 0 Å². The number of dihydropyridines is 1. The average molecular weight is 164 g/mol. The zero-order valence-corrected chi connectivity index (χ0v) is 5.91. The second kappa shape index (κ2) is 2.50. The number of hydrogen-bond donors (Lipinski definition) is 0. The second-order valence-electron chi connectivity index (χ2n) is 1.55. The van der Waals surface area contributed by atoms with Crippen molar-refractivity contribution in [2.45, 2.75) is 6.42 Å². The molecule has 4 heteroatoms. The third-order valence-electron chi connectivity index (χ3n) is 0.876. The van der Waals surface area contributed by atoms with Crippen molar-refractivity contribution in [2.75, 3.05) is 0 Å². The maximum Gasteiger partial charge on any atom is 0.251 e. The van der Waals surface area contributed by atoms with Gasteiger partial charge >= 0.3 is 0 Å². The van der Waals surface area contributed by atoms with Crippen LogP contribution in [0.1, 0.15) is 6.42 Å². The summed E-state index contributed by atoms with van der Waals surface area (Å²) in [5, 5.41) is 0.448. The van der Waals surface area contributed by atoms with Crippen molar-refractivity contribution < 1.29 is 4.79 Å². The Kier molecular flexibility index (Phi) is 1.88. The predicted molar refractivity (Wildman–Crippen MR) is 36.8 cm³/mol. The number of allylic oxidation sites excluding steroid dienone is 1. The molecule has 9 heavy (non-hydrogen) atoms. The van der Waals surface area contributed by atoms with Gasteiger partial charge in [0.05, 0.1) is 5.03 Å². The fraction of sp³-hybridized carbons (Fsp3) is 0.200. The van der Waals surface area contributed by atoms with Crippen LogP contribution in [0.15, 0.2) is 16.1 Å². The Labute approximate surface area is 62.2 Å². The highest BCUT2D eigenvalue weighted by Crippen LogP contribution is 2.14. The van der Waals surface area contributed by atoms with Crippen molar-refractivity contribution in [1.82, 2.24) is 0 Å². The van der Waals surface area contributed by atoms with Crippen molar-refractivity contribution >= 4 is 34.3 Å². The van der Waals surface area contributed by atoms with E-state index in [0.717, 1.165) is 0 Å². The first-order chi connectivity index (χ1) is 4.20. The van der Waals surface area contributed by atoms with E-state index in [1.165, 1.54) is 0 Å². The lowest BCUT2D eigenvalue weighted by Crippen LogP contribution is -2.02. The summed E-state index contributed by atoms with van der Waals surface area (Å²) in [4.78, 5) is 13.9. The minimum absolute atomic E-state index is 0.0907. The van der Waals surface area contributed by atoms with Crippen molar-refractivity contribution in [3.63, 3.8) is 0 Å². The van der Waals surface area contributed by atoms with Gasteiger partial charge in [-0.2, -0.15) is 4.99 Å². The lowest BCUT2D eigenvalue weighted by atomic mass is 10.3. The second-order valence-corrected chi connectivity index (χ2v) is 2.32. The van der Waals surface area contributed by atoms with Crippen molar-refractivity contribution in [3.05, 3.63) is 11.1 Å². The first kappa shape index (κ1) is 6.78. The third kappa shape index (κ3) is 1.53. The van der Waals surface area contributed by atoms with E-state index < -0.39 is 0 Å². The molecular weight excluding hydrogens is 161 g/mol. The van der Waals surface area contributed by atoms with Crippen LogP contribution in [-0.4, -0.2) is 11.1 Å². The zero-order valence-electron chi connectivity index (χ0n) is 4.40.